The maximum Gasteiger partial charge on any atom is 0.323 e. The van der Waals surface area contributed by atoms with Crippen LogP contribution in [0.5, 0.6) is 0 Å². The number of ether oxygens (including phenoxy) is 2. The first-order chi connectivity index (χ1) is 12.3. The molecule has 1 aliphatic heterocycles. The molecule has 13 heteroatoms. The zero-order valence-electron chi connectivity index (χ0n) is 13.3. The van der Waals surface area contributed by atoms with E-state index in [4.69, 9.17) is 20.9 Å². The van der Waals surface area contributed by atoms with Crippen molar-refractivity contribution in [2.75, 3.05) is 18.1 Å². The molecule has 2 aromatic heterocycles. The number of carbonyl (C=O) groups excluding carboxylic acids is 1. The molecule has 0 aliphatic carbocycles. The average molecular weight is 386 g/mol. The highest BCUT2D eigenvalue weighted by Crippen LogP contribution is 2.31. The minimum absolute atomic E-state index is 0.000815. The minimum atomic E-state index is -1.38. The van der Waals surface area contributed by atoms with Crippen molar-refractivity contribution in [2.45, 2.75) is 30.6 Å². The molecule has 26 heavy (non-hydrogen) atoms. The zero-order chi connectivity index (χ0) is 19.0. The van der Waals surface area contributed by atoms with Crippen molar-refractivity contribution < 1.29 is 24.5 Å². The van der Waals surface area contributed by atoms with Gasteiger partial charge in [-0.3, -0.25) is 19.1 Å². The number of hydrogen-bond acceptors (Lipinski definition) is 11. The van der Waals surface area contributed by atoms with Gasteiger partial charge in [0.05, 0.1) is 6.33 Å². The van der Waals surface area contributed by atoms with Gasteiger partial charge in [0, 0.05) is 5.75 Å². The number of nitrogens with two attached hydrogens (primary N) is 2. The van der Waals surface area contributed by atoms with Crippen molar-refractivity contribution in [1.82, 2.24) is 19.5 Å². The van der Waals surface area contributed by atoms with E-state index in [1.807, 2.05) is 0 Å². The molecule has 0 saturated carbocycles. The predicted octanol–water partition coefficient (Wildman–Crippen LogP) is -2.88. The Morgan fingerprint density at radius 2 is 2.23 bits per heavy atom. The monoisotopic (exact) mass is 386 g/mol. The molecular weight excluding hydrogens is 368 g/mol. The number of nitrogens with one attached hydrogen (secondary N) is 1. The number of anilines is 1. The van der Waals surface area contributed by atoms with Gasteiger partial charge in [0.2, 0.25) is 5.95 Å². The average Bonchev–Trinajstić information content (AvgIpc) is 3.14. The van der Waals surface area contributed by atoms with Crippen LogP contribution in [0, 0.1) is 0 Å². The van der Waals surface area contributed by atoms with E-state index in [0.717, 1.165) is 0 Å². The topological polar surface area (TPSA) is 192 Å². The zero-order valence-corrected chi connectivity index (χ0v) is 14.2. The third-order valence-electron chi connectivity index (χ3n) is 3.95. The number of fused-ring (bicyclic) bond motifs is 1. The van der Waals surface area contributed by atoms with E-state index >= 15 is 0 Å². The molecule has 0 bridgehead atoms. The highest BCUT2D eigenvalue weighted by atomic mass is 32.1. The van der Waals surface area contributed by atoms with Crippen molar-refractivity contribution in [3.05, 3.63) is 16.7 Å². The van der Waals surface area contributed by atoms with Crippen LogP contribution in [-0.2, 0) is 14.3 Å². The standard InChI is InChI=1S/C13H18N6O6S/c14-4(2-26)12(23)24-1-5-7(20)8(21)11(25-5)19-3-16-6-9(19)17-13(15)18-10(6)22/h3-5,7-8,11,20-21,26H,1-2,14H2,(H3,15,17,18,22)/t4-,5+,7+,8+,11+/m0/s1. The Morgan fingerprint density at radius 1 is 1.50 bits per heavy atom. The quantitative estimate of drug-likeness (QED) is 0.230. The number of carbonyl (C=O) groups is 1. The fourth-order valence-corrected chi connectivity index (χ4v) is 2.72. The maximum atomic E-state index is 11.8. The fourth-order valence-electron chi connectivity index (χ4n) is 2.57. The minimum Gasteiger partial charge on any atom is -0.462 e. The van der Waals surface area contributed by atoms with Gasteiger partial charge in [-0.2, -0.15) is 17.6 Å². The smallest absolute Gasteiger partial charge is 0.323 e. The van der Waals surface area contributed by atoms with E-state index in [-0.39, 0.29) is 29.5 Å². The molecule has 0 unspecified atom stereocenters. The highest BCUT2D eigenvalue weighted by Gasteiger charge is 2.45. The van der Waals surface area contributed by atoms with Crippen LogP contribution in [0.2, 0.25) is 0 Å². The molecule has 0 radical (unpaired) electrons. The summed E-state index contributed by atoms with van der Waals surface area (Å²) < 4.78 is 11.8. The Bertz CT molecular complexity index is 870. The Morgan fingerprint density at radius 3 is 2.92 bits per heavy atom. The summed E-state index contributed by atoms with van der Waals surface area (Å²) in [4.78, 5) is 33.6. The first kappa shape index (κ1) is 18.6. The van der Waals surface area contributed by atoms with Crippen molar-refractivity contribution in [3.63, 3.8) is 0 Å². The summed E-state index contributed by atoms with van der Waals surface area (Å²) in [5.74, 6) is -0.743. The Kier molecular flexibility index (Phi) is 5.15. The Balaban J connectivity index is 1.80. The summed E-state index contributed by atoms with van der Waals surface area (Å²) >= 11 is 3.89. The van der Waals surface area contributed by atoms with Crippen LogP contribution in [0.1, 0.15) is 6.23 Å². The summed E-state index contributed by atoms with van der Waals surface area (Å²) in [6.07, 6.45) is -3.61. The van der Waals surface area contributed by atoms with Gasteiger partial charge in [0.15, 0.2) is 17.4 Å². The number of aromatic amines is 1. The van der Waals surface area contributed by atoms with Crippen LogP contribution in [-0.4, -0.2) is 72.4 Å². The lowest BCUT2D eigenvalue weighted by Crippen LogP contribution is -2.38. The molecule has 5 atom stereocenters. The van der Waals surface area contributed by atoms with Gasteiger partial charge in [0.1, 0.15) is 31.0 Å². The van der Waals surface area contributed by atoms with Crippen molar-refractivity contribution in [1.29, 1.82) is 0 Å². The second kappa shape index (κ2) is 7.20. The molecule has 1 aliphatic rings. The predicted molar refractivity (Wildman–Crippen MR) is 91.3 cm³/mol. The SMILES string of the molecule is Nc1nc2c(ncn2[C@@H]2O[C@H](COC(=O)[C@@H](N)CS)[C@@H](O)[C@H]2O)c(=O)[nH]1. The third-order valence-corrected chi connectivity index (χ3v) is 4.34. The van der Waals surface area contributed by atoms with Gasteiger partial charge in [-0.05, 0) is 0 Å². The number of nitrogens with zero attached hydrogens (tertiary/aromatic N) is 3. The van der Waals surface area contributed by atoms with E-state index in [1.165, 1.54) is 10.9 Å². The molecule has 1 saturated heterocycles. The first-order valence-electron chi connectivity index (χ1n) is 7.60. The van der Waals surface area contributed by atoms with Gasteiger partial charge >= 0.3 is 5.97 Å². The summed E-state index contributed by atoms with van der Waals surface area (Å²) in [6.45, 7) is -0.322. The summed E-state index contributed by atoms with van der Waals surface area (Å²) in [5.41, 5.74) is 10.5. The number of hydrogen-bond donors (Lipinski definition) is 6. The second-order valence-electron chi connectivity index (χ2n) is 5.74. The lowest BCUT2D eigenvalue weighted by Gasteiger charge is -2.16. The van der Waals surface area contributed by atoms with Crippen molar-refractivity contribution in [3.8, 4) is 0 Å². The molecule has 2 aromatic rings. The van der Waals surface area contributed by atoms with Gasteiger partial charge < -0.3 is 31.2 Å². The second-order valence-corrected chi connectivity index (χ2v) is 6.11. The van der Waals surface area contributed by atoms with Crippen molar-refractivity contribution in [2.24, 2.45) is 5.73 Å². The van der Waals surface area contributed by atoms with E-state index in [9.17, 15) is 19.8 Å². The Hall–Kier alpha value is -2.19. The van der Waals surface area contributed by atoms with Crippen LogP contribution >= 0.6 is 12.6 Å². The largest absolute Gasteiger partial charge is 0.462 e. The molecule has 1 fully saturated rings. The van der Waals surface area contributed by atoms with Gasteiger partial charge in [0.25, 0.3) is 5.56 Å². The molecule has 12 nitrogen and oxygen atoms in total. The van der Waals surface area contributed by atoms with Crippen LogP contribution in [0.4, 0.5) is 5.95 Å². The molecule has 7 N–H and O–H groups in total. The molecule has 0 aromatic carbocycles. The van der Waals surface area contributed by atoms with Crippen LogP contribution in [0.25, 0.3) is 11.2 Å². The lowest BCUT2D eigenvalue weighted by molar-refractivity contribution is -0.151. The Labute approximate surface area is 151 Å². The number of aliphatic hydroxyl groups excluding tert-OH is 2. The van der Waals surface area contributed by atoms with Crippen LogP contribution < -0.4 is 17.0 Å². The van der Waals surface area contributed by atoms with Crippen molar-refractivity contribution >= 4 is 35.7 Å². The maximum absolute atomic E-state index is 11.8. The number of nitrogen functional groups attached to an aromatic ring is 1. The number of rotatable bonds is 5. The van der Waals surface area contributed by atoms with E-state index in [1.54, 1.807) is 0 Å². The van der Waals surface area contributed by atoms with Gasteiger partial charge in [-0.25, -0.2) is 4.98 Å². The number of aliphatic hydroxyl groups is 2. The summed E-state index contributed by atoms with van der Waals surface area (Å²) in [7, 11) is 0. The van der Waals surface area contributed by atoms with Gasteiger partial charge in [-0.1, -0.05) is 0 Å². The number of thiol groups is 1. The van der Waals surface area contributed by atoms with E-state index in [2.05, 4.69) is 27.6 Å². The summed E-state index contributed by atoms with van der Waals surface area (Å²) in [6, 6.07) is -0.908. The molecule has 3 heterocycles. The molecule has 142 valence electrons. The van der Waals surface area contributed by atoms with Crippen LogP contribution in [0.3, 0.4) is 0 Å². The van der Waals surface area contributed by atoms with E-state index < -0.39 is 42.1 Å². The number of imidazole rings is 1. The molecule has 3 rings (SSSR count). The number of esters is 1. The lowest BCUT2D eigenvalue weighted by atomic mass is 10.1. The first-order valence-corrected chi connectivity index (χ1v) is 8.23. The molecular formula is C13H18N6O6S. The number of aromatic nitrogens is 4. The summed E-state index contributed by atoms with van der Waals surface area (Å²) in [5, 5.41) is 20.4. The molecule has 0 amide bonds. The number of H-pyrrole nitrogens is 1. The third kappa shape index (κ3) is 3.26. The van der Waals surface area contributed by atoms with Crippen LogP contribution in [0.15, 0.2) is 11.1 Å². The fraction of sp³-hybridized carbons (Fsp3) is 0.538. The van der Waals surface area contributed by atoms with E-state index in [0.29, 0.717) is 0 Å². The molecule has 0 spiro atoms. The normalized spacial score (nSPS) is 26.9. The van der Waals surface area contributed by atoms with Gasteiger partial charge in [-0.15, -0.1) is 0 Å². The highest BCUT2D eigenvalue weighted by molar-refractivity contribution is 7.80.